The lowest BCUT2D eigenvalue weighted by atomic mass is 10.1. The summed E-state index contributed by atoms with van der Waals surface area (Å²) in [5.41, 5.74) is 9.19. The molecule has 0 aliphatic carbocycles. The van der Waals surface area contributed by atoms with Gasteiger partial charge in [-0.05, 0) is 37.1 Å². The van der Waals surface area contributed by atoms with Crippen molar-refractivity contribution in [3.05, 3.63) is 101 Å². The zero-order chi connectivity index (χ0) is 21.6. The Morgan fingerprint density at radius 1 is 0.935 bits per heavy atom. The lowest BCUT2D eigenvalue weighted by molar-refractivity contribution is -0.119. The molecule has 0 fully saturated rings. The first kappa shape index (κ1) is 20.4. The highest BCUT2D eigenvalue weighted by Gasteiger charge is 2.12. The maximum atomic E-state index is 12.2. The van der Waals surface area contributed by atoms with Gasteiger partial charge in [0.15, 0.2) is 0 Å². The molecule has 0 bridgehead atoms. The first-order valence-corrected chi connectivity index (χ1v) is 10.4. The quantitative estimate of drug-likeness (QED) is 0.337. The number of nitrogens with zero attached hydrogens (tertiary/aromatic N) is 2. The van der Waals surface area contributed by atoms with Crippen molar-refractivity contribution in [3.8, 4) is 0 Å². The number of hydrogen-bond acceptors (Lipinski definition) is 3. The number of carbonyl (C=O) groups excluding carboxylic acids is 1. The van der Waals surface area contributed by atoms with Gasteiger partial charge >= 0.3 is 0 Å². The summed E-state index contributed by atoms with van der Waals surface area (Å²) in [4.78, 5) is 12.2. The molecule has 5 heteroatoms. The van der Waals surface area contributed by atoms with E-state index in [4.69, 9.17) is 0 Å². The number of aryl methyl sites for hydroxylation is 1. The minimum absolute atomic E-state index is 0.164. The molecular weight excluding hydrogens is 384 g/mol. The predicted octanol–water partition coefficient (Wildman–Crippen LogP) is 4.87. The van der Waals surface area contributed by atoms with Crippen molar-refractivity contribution in [2.45, 2.75) is 20.4 Å². The maximum Gasteiger partial charge on any atom is 0.259 e. The molecule has 0 radical (unpaired) electrons. The Morgan fingerprint density at radius 3 is 2.45 bits per heavy atom. The van der Waals surface area contributed by atoms with E-state index in [-0.39, 0.29) is 12.5 Å². The average Bonchev–Trinajstić information content (AvgIpc) is 3.05. The Labute approximate surface area is 182 Å². The highest BCUT2D eigenvalue weighted by atomic mass is 16.2. The molecule has 3 aromatic carbocycles. The number of aromatic nitrogens is 1. The molecule has 1 aromatic heterocycles. The number of hydrazone groups is 1. The summed E-state index contributed by atoms with van der Waals surface area (Å²) in [5.74, 6) is -0.190. The number of carbonyl (C=O) groups is 1. The van der Waals surface area contributed by atoms with Crippen LogP contribution in [0.3, 0.4) is 0 Å². The third-order valence-electron chi connectivity index (χ3n) is 5.43. The van der Waals surface area contributed by atoms with Crippen LogP contribution < -0.4 is 10.7 Å². The van der Waals surface area contributed by atoms with Gasteiger partial charge in [-0.25, -0.2) is 5.43 Å². The second-order valence-corrected chi connectivity index (χ2v) is 7.55. The van der Waals surface area contributed by atoms with E-state index < -0.39 is 0 Å². The fourth-order valence-electron chi connectivity index (χ4n) is 3.75. The van der Waals surface area contributed by atoms with Crippen LogP contribution in [0.4, 0.5) is 5.69 Å². The lowest BCUT2D eigenvalue weighted by Crippen LogP contribution is -2.26. The van der Waals surface area contributed by atoms with Gasteiger partial charge in [0.1, 0.15) is 0 Å². The topological polar surface area (TPSA) is 58.4 Å². The zero-order valence-electron chi connectivity index (χ0n) is 17.8. The van der Waals surface area contributed by atoms with Crippen LogP contribution in [0.5, 0.6) is 0 Å². The maximum absolute atomic E-state index is 12.2. The van der Waals surface area contributed by atoms with Crippen molar-refractivity contribution in [1.29, 1.82) is 0 Å². The first-order valence-electron chi connectivity index (χ1n) is 10.4. The van der Waals surface area contributed by atoms with E-state index in [2.05, 4.69) is 63.7 Å². The van der Waals surface area contributed by atoms with Crippen LogP contribution in [0.15, 0.2) is 84.0 Å². The number of para-hydroxylation sites is 2. The summed E-state index contributed by atoms with van der Waals surface area (Å²) >= 11 is 0. The molecule has 31 heavy (non-hydrogen) atoms. The average molecular weight is 411 g/mol. The third kappa shape index (κ3) is 4.67. The lowest BCUT2D eigenvalue weighted by Gasteiger charge is -2.08. The number of rotatable bonds is 7. The van der Waals surface area contributed by atoms with Crippen molar-refractivity contribution < 1.29 is 4.79 Å². The van der Waals surface area contributed by atoms with Crippen LogP contribution in [0.1, 0.15) is 22.4 Å². The molecule has 0 spiro atoms. The molecule has 0 saturated heterocycles. The summed E-state index contributed by atoms with van der Waals surface area (Å²) < 4.78 is 2.29. The van der Waals surface area contributed by atoms with Crippen LogP contribution in [-0.4, -0.2) is 23.2 Å². The standard InChI is InChI=1S/C26H26N4O/c1-19-10-6-8-14-24(19)27-17-26(31)29-28-16-23-20(2)30(18-21-11-4-3-5-12-21)25-15-9-7-13-22(23)25/h3-16,27H,17-18H2,1-2H3,(H,29,31)/b28-16+. The third-order valence-corrected chi connectivity index (χ3v) is 5.43. The van der Waals surface area contributed by atoms with Crippen molar-refractivity contribution in [3.63, 3.8) is 0 Å². The largest absolute Gasteiger partial charge is 0.376 e. The molecule has 1 heterocycles. The minimum Gasteiger partial charge on any atom is -0.376 e. The van der Waals surface area contributed by atoms with Crippen LogP contribution in [0, 0.1) is 13.8 Å². The summed E-state index contributed by atoms with van der Waals surface area (Å²) in [6.45, 7) is 5.04. The number of hydrogen-bond donors (Lipinski definition) is 2. The number of amides is 1. The zero-order valence-corrected chi connectivity index (χ0v) is 17.8. The first-order chi connectivity index (χ1) is 15.1. The second kappa shape index (κ2) is 9.30. The van der Waals surface area contributed by atoms with Crippen LogP contribution in [0.2, 0.25) is 0 Å². The van der Waals surface area contributed by atoms with Gasteiger partial charge < -0.3 is 9.88 Å². The van der Waals surface area contributed by atoms with E-state index in [0.29, 0.717) is 0 Å². The highest BCUT2D eigenvalue weighted by molar-refractivity contribution is 6.01. The van der Waals surface area contributed by atoms with Crippen molar-refractivity contribution in [2.75, 3.05) is 11.9 Å². The summed E-state index contributed by atoms with van der Waals surface area (Å²) in [6.07, 6.45) is 1.74. The molecule has 5 nitrogen and oxygen atoms in total. The summed E-state index contributed by atoms with van der Waals surface area (Å²) in [7, 11) is 0. The summed E-state index contributed by atoms with van der Waals surface area (Å²) in [5, 5.41) is 8.49. The molecule has 0 aliphatic heterocycles. The van der Waals surface area contributed by atoms with E-state index in [0.717, 1.165) is 40.0 Å². The Bertz CT molecular complexity index is 1220. The van der Waals surface area contributed by atoms with Gasteiger partial charge in [-0.3, -0.25) is 4.79 Å². The second-order valence-electron chi connectivity index (χ2n) is 7.55. The molecular formula is C26H26N4O. The normalized spacial score (nSPS) is 11.2. The fourth-order valence-corrected chi connectivity index (χ4v) is 3.75. The molecule has 0 unspecified atom stereocenters. The molecule has 2 N–H and O–H groups in total. The van der Waals surface area contributed by atoms with Gasteiger partial charge in [0, 0.05) is 34.4 Å². The number of benzene rings is 3. The number of nitrogens with one attached hydrogen (secondary N) is 2. The molecule has 4 aromatic rings. The van der Waals surface area contributed by atoms with Crippen LogP contribution >= 0.6 is 0 Å². The van der Waals surface area contributed by atoms with Crippen molar-refractivity contribution in [1.82, 2.24) is 9.99 Å². The molecule has 4 rings (SSSR count). The van der Waals surface area contributed by atoms with Gasteiger partial charge in [0.2, 0.25) is 0 Å². The van der Waals surface area contributed by atoms with Gasteiger partial charge in [-0.15, -0.1) is 0 Å². The number of anilines is 1. The molecule has 156 valence electrons. The van der Waals surface area contributed by atoms with Crippen molar-refractivity contribution in [2.24, 2.45) is 5.10 Å². The Morgan fingerprint density at radius 2 is 1.65 bits per heavy atom. The van der Waals surface area contributed by atoms with Gasteiger partial charge in [0.05, 0.1) is 12.8 Å². The van der Waals surface area contributed by atoms with Crippen LogP contribution in [0.25, 0.3) is 10.9 Å². The van der Waals surface area contributed by atoms with Gasteiger partial charge in [0.25, 0.3) is 5.91 Å². The Kier molecular flexibility index (Phi) is 6.13. The van der Waals surface area contributed by atoms with E-state index in [9.17, 15) is 4.79 Å². The molecule has 0 saturated carbocycles. The summed E-state index contributed by atoms with van der Waals surface area (Å²) in [6, 6.07) is 26.6. The minimum atomic E-state index is -0.190. The predicted molar refractivity (Wildman–Crippen MR) is 128 cm³/mol. The fraction of sp³-hybridized carbons (Fsp3) is 0.154. The Balaban J connectivity index is 1.49. The van der Waals surface area contributed by atoms with Crippen LogP contribution in [-0.2, 0) is 11.3 Å². The van der Waals surface area contributed by atoms with Gasteiger partial charge in [-0.1, -0.05) is 66.7 Å². The van der Waals surface area contributed by atoms with E-state index in [1.54, 1.807) is 6.21 Å². The number of fused-ring (bicyclic) bond motifs is 1. The SMILES string of the molecule is Cc1ccccc1NCC(=O)N/N=C/c1c(C)n(Cc2ccccc2)c2ccccc12. The molecule has 0 atom stereocenters. The molecule has 0 aliphatic rings. The smallest absolute Gasteiger partial charge is 0.259 e. The molecule has 1 amide bonds. The monoisotopic (exact) mass is 410 g/mol. The highest BCUT2D eigenvalue weighted by Crippen LogP contribution is 2.25. The van der Waals surface area contributed by atoms with Gasteiger partial charge in [-0.2, -0.15) is 5.10 Å². The van der Waals surface area contributed by atoms with Crippen molar-refractivity contribution >= 4 is 28.7 Å². The van der Waals surface area contributed by atoms with E-state index in [1.807, 2.05) is 49.4 Å². The van der Waals surface area contributed by atoms with E-state index in [1.165, 1.54) is 5.56 Å². The van der Waals surface area contributed by atoms with E-state index >= 15 is 0 Å². The Hall–Kier alpha value is -3.86.